The van der Waals surface area contributed by atoms with Crippen molar-refractivity contribution in [1.29, 1.82) is 0 Å². The lowest BCUT2D eigenvalue weighted by molar-refractivity contribution is -0.140. The first-order valence-electron chi connectivity index (χ1n) is 7.18. The third-order valence-electron chi connectivity index (χ3n) is 3.73. The van der Waals surface area contributed by atoms with E-state index in [1.165, 1.54) is 0 Å². The van der Waals surface area contributed by atoms with Gasteiger partial charge < -0.3 is 4.90 Å². The number of hydrogen-bond donors (Lipinski definition) is 2. The van der Waals surface area contributed by atoms with E-state index in [0.717, 1.165) is 30.5 Å². The van der Waals surface area contributed by atoms with E-state index in [9.17, 15) is 9.59 Å². The zero-order valence-electron chi connectivity index (χ0n) is 12.8. The van der Waals surface area contributed by atoms with Crippen LogP contribution in [0.5, 0.6) is 0 Å². The second kappa shape index (κ2) is 5.85. The summed E-state index contributed by atoms with van der Waals surface area (Å²) in [6.07, 6.45) is 1.70. The minimum absolute atomic E-state index is 0.146. The van der Waals surface area contributed by atoms with Gasteiger partial charge in [0.05, 0.1) is 0 Å². The molecule has 0 saturated carbocycles. The summed E-state index contributed by atoms with van der Waals surface area (Å²) >= 11 is 0. The number of nitrogens with zero attached hydrogens (tertiary/aromatic N) is 1. The summed E-state index contributed by atoms with van der Waals surface area (Å²) in [6, 6.07) is 5.34. The maximum absolute atomic E-state index is 12.4. The van der Waals surface area contributed by atoms with Crippen molar-refractivity contribution in [3.05, 3.63) is 34.9 Å². The molecule has 0 atom stereocenters. The Kier molecular flexibility index (Phi) is 4.32. The third-order valence-corrected chi connectivity index (χ3v) is 3.73. The van der Waals surface area contributed by atoms with Crippen molar-refractivity contribution in [2.24, 2.45) is 5.41 Å². The lowest BCUT2D eigenvalue weighted by Gasteiger charge is -2.28. The van der Waals surface area contributed by atoms with Gasteiger partial charge in [0.15, 0.2) is 0 Å². The maximum atomic E-state index is 12.4. The second-order valence-electron chi connectivity index (χ2n) is 6.50. The molecule has 1 aromatic rings. The summed E-state index contributed by atoms with van der Waals surface area (Å²) < 4.78 is 0. The zero-order chi connectivity index (χ0) is 15.6. The van der Waals surface area contributed by atoms with Gasteiger partial charge >= 0.3 is 0 Å². The van der Waals surface area contributed by atoms with Crippen molar-refractivity contribution in [2.75, 3.05) is 6.54 Å². The van der Waals surface area contributed by atoms with Crippen molar-refractivity contribution in [2.45, 2.75) is 40.2 Å². The molecule has 5 heteroatoms. The number of carbonyl (C=O) groups excluding carboxylic acids is 2. The SMILES string of the molecule is CC(C)(C)C(=O)N1CCCc2cc(C(=O)NO)ccc2C1. The molecule has 0 unspecified atom stereocenters. The molecule has 1 aliphatic heterocycles. The van der Waals surface area contributed by atoms with E-state index in [2.05, 4.69) is 0 Å². The molecule has 114 valence electrons. The molecule has 0 radical (unpaired) electrons. The lowest BCUT2D eigenvalue weighted by Crippen LogP contribution is -2.39. The average molecular weight is 290 g/mol. The molecule has 2 rings (SSSR count). The average Bonchev–Trinajstić information content (AvgIpc) is 2.65. The number of benzene rings is 1. The van der Waals surface area contributed by atoms with Gasteiger partial charge in [-0.3, -0.25) is 14.8 Å². The number of carbonyl (C=O) groups is 2. The van der Waals surface area contributed by atoms with Crippen molar-refractivity contribution in [1.82, 2.24) is 10.4 Å². The Morgan fingerprint density at radius 2 is 1.95 bits per heavy atom. The fourth-order valence-corrected chi connectivity index (χ4v) is 2.61. The van der Waals surface area contributed by atoms with Crippen molar-refractivity contribution in [3.63, 3.8) is 0 Å². The Hall–Kier alpha value is -1.88. The quantitative estimate of drug-likeness (QED) is 0.615. The van der Waals surface area contributed by atoms with E-state index in [-0.39, 0.29) is 11.3 Å². The monoisotopic (exact) mass is 290 g/mol. The first kappa shape index (κ1) is 15.5. The van der Waals surface area contributed by atoms with Crippen molar-refractivity contribution >= 4 is 11.8 Å². The van der Waals surface area contributed by atoms with Crippen LogP contribution < -0.4 is 5.48 Å². The van der Waals surface area contributed by atoms with Crippen molar-refractivity contribution < 1.29 is 14.8 Å². The topological polar surface area (TPSA) is 69.6 Å². The molecule has 0 saturated heterocycles. The fourth-order valence-electron chi connectivity index (χ4n) is 2.61. The predicted octanol–water partition coefficient (Wildman–Crippen LogP) is 2.13. The minimum atomic E-state index is -0.510. The number of hydroxylamine groups is 1. The van der Waals surface area contributed by atoms with Gasteiger partial charge in [0.1, 0.15) is 0 Å². The largest absolute Gasteiger partial charge is 0.338 e. The van der Waals surface area contributed by atoms with Crippen LogP contribution in [0.1, 0.15) is 48.7 Å². The van der Waals surface area contributed by atoms with Gasteiger partial charge in [-0.1, -0.05) is 26.8 Å². The highest BCUT2D eigenvalue weighted by atomic mass is 16.5. The van der Waals surface area contributed by atoms with Gasteiger partial charge in [0.2, 0.25) is 5.91 Å². The summed E-state index contributed by atoms with van der Waals surface area (Å²) in [4.78, 5) is 25.8. The Morgan fingerprint density at radius 3 is 2.57 bits per heavy atom. The molecule has 2 N–H and O–H groups in total. The summed E-state index contributed by atoms with van der Waals surface area (Å²) in [5, 5.41) is 8.70. The summed E-state index contributed by atoms with van der Waals surface area (Å²) in [6.45, 7) is 7.08. The van der Waals surface area contributed by atoms with E-state index in [4.69, 9.17) is 5.21 Å². The molecule has 0 fully saturated rings. The van der Waals surface area contributed by atoms with Crippen LogP contribution >= 0.6 is 0 Å². The van der Waals surface area contributed by atoms with Crippen LogP contribution in [0.25, 0.3) is 0 Å². The third kappa shape index (κ3) is 3.42. The Morgan fingerprint density at radius 1 is 1.24 bits per heavy atom. The highest BCUT2D eigenvalue weighted by molar-refractivity contribution is 5.93. The minimum Gasteiger partial charge on any atom is -0.338 e. The molecule has 0 aliphatic carbocycles. The molecule has 1 aromatic carbocycles. The lowest BCUT2D eigenvalue weighted by atomic mass is 9.94. The highest BCUT2D eigenvalue weighted by Crippen LogP contribution is 2.24. The highest BCUT2D eigenvalue weighted by Gasteiger charge is 2.28. The van der Waals surface area contributed by atoms with E-state index in [0.29, 0.717) is 12.1 Å². The Balaban J connectivity index is 2.26. The van der Waals surface area contributed by atoms with E-state index < -0.39 is 5.91 Å². The standard InChI is InChI=1S/C16H22N2O3/c1-16(2,3)15(20)18-8-4-5-11-9-12(14(19)17-21)6-7-13(11)10-18/h6-7,9,21H,4-5,8,10H2,1-3H3,(H,17,19). The molecular formula is C16H22N2O3. The first-order valence-corrected chi connectivity index (χ1v) is 7.18. The molecule has 0 aromatic heterocycles. The van der Waals surface area contributed by atoms with Crippen LogP contribution in [0.15, 0.2) is 18.2 Å². The number of nitrogens with one attached hydrogen (secondary N) is 1. The molecule has 0 bridgehead atoms. The normalized spacial score (nSPS) is 15.1. The van der Waals surface area contributed by atoms with Crippen LogP contribution in [0, 0.1) is 5.41 Å². The van der Waals surface area contributed by atoms with Gasteiger partial charge in [-0.05, 0) is 36.1 Å². The smallest absolute Gasteiger partial charge is 0.274 e. The van der Waals surface area contributed by atoms with E-state index >= 15 is 0 Å². The van der Waals surface area contributed by atoms with E-state index in [1.54, 1.807) is 17.6 Å². The number of amides is 2. The molecule has 1 aliphatic rings. The Bertz CT molecular complexity index is 561. The summed E-state index contributed by atoms with van der Waals surface area (Å²) in [5.74, 6) is -0.364. The maximum Gasteiger partial charge on any atom is 0.274 e. The van der Waals surface area contributed by atoms with Gasteiger partial charge in [-0.25, -0.2) is 5.48 Å². The van der Waals surface area contributed by atoms with Crippen molar-refractivity contribution in [3.8, 4) is 0 Å². The zero-order valence-corrected chi connectivity index (χ0v) is 12.8. The van der Waals surface area contributed by atoms with Crippen LogP contribution in [-0.4, -0.2) is 28.5 Å². The van der Waals surface area contributed by atoms with Gasteiger partial charge in [-0.2, -0.15) is 0 Å². The van der Waals surface area contributed by atoms with Crippen LogP contribution in [0.4, 0.5) is 0 Å². The Labute approximate surface area is 124 Å². The summed E-state index contributed by atoms with van der Waals surface area (Å²) in [7, 11) is 0. The molecule has 2 amide bonds. The molecule has 1 heterocycles. The number of rotatable bonds is 1. The van der Waals surface area contributed by atoms with Gasteiger partial charge in [0, 0.05) is 24.1 Å². The van der Waals surface area contributed by atoms with Crippen LogP contribution in [0.2, 0.25) is 0 Å². The first-order chi connectivity index (χ1) is 9.82. The predicted molar refractivity (Wildman–Crippen MR) is 78.9 cm³/mol. The molecular weight excluding hydrogens is 268 g/mol. The number of aryl methyl sites for hydroxylation is 1. The second-order valence-corrected chi connectivity index (χ2v) is 6.50. The van der Waals surface area contributed by atoms with Gasteiger partial charge in [-0.15, -0.1) is 0 Å². The summed E-state index contributed by atoms with van der Waals surface area (Å²) in [5.41, 5.74) is 3.84. The molecule has 0 spiro atoms. The molecule has 5 nitrogen and oxygen atoms in total. The molecule has 21 heavy (non-hydrogen) atoms. The number of hydrogen-bond acceptors (Lipinski definition) is 3. The van der Waals surface area contributed by atoms with E-state index in [1.807, 2.05) is 31.7 Å². The van der Waals surface area contributed by atoms with Crippen LogP contribution in [-0.2, 0) is 17.8 Å². The van der Waals surface area contributed by atoms with Crippen LogP contribution in [0.3, 0.4) is 0 Å². The fraction of sp³-hybridized carbons (Fsp3) is 0.500. The number of fused-ring (bicyclic) bond motifs is 1. The van der Waals surface area contributed by atoms with Gasteiger partial charge in [0.25, 0.3) is 5.91 Å².